The molecule has 2 aromatic rings. The molecule has 1 aromatic carbocycles. The van der Waals surface area contributed by atoms with Crippen molar-refractivity contribution >= 4 is 12.1 Å². The number of nitrogens with zero attached hydrogens (tertiary/aromatic N) is 3. The van der Waals surface area contributed by atoms with Gasteiger partial charge in [0.25, 0.3) is 0 Å². The van der Waals surface area contributed by atoms with Crippen molar-refractivity contribution in [3.8, 4) is 0 Å². The number of benzene rings is 1. The average Bonchev–Trinajstić information content (AvgIpc) is 3.05. The predicted molar refractivity (Wildman–Crippen MR) is 87.2 cm³/mol. The first-order valence-electron chi connectivity index (χ1n) is 7.87. The van der Waals surface area contributed by atoms with Gasteiger partial charge in [-0.15, -0.1) is 0 Å². The normalized spacial score (nSPS) is 14.3. The van der Waals surface area contributed by atoms with Crippen LogP contribution in [-0.4, -0.2) is 29.3 Å². The predicted octanol–water partition coefficient (Wildman–Crippen LogP) is 2.72. The highest BCUT2D eigenvalue weighted by molar-refractivity contribution is 5.56. The molecule has 1 saturated heterocycles. The smallest absolute Gasteiger partial charge is 0.138 e. The fourth-order valence-corrected chi connectivity index (χ4v) is 3.00. The fraction of sp³-hybridized carbons (Fsp3) is 0.389. The summed E-state index contributed by atoms with van der Waals surface area (Å²) in [6.45, 7) is 4.10. The number of hydrogen-bond acceptors (Lipinski definition) is 4. The summed E-state index contributed by atoms with van der Waals surface area (Å²) in [5.74, 6) is 1.65. The van der Waals surface area contributed by atoms with Crippen LogP contribution in [0.2, 0.25) is 0 Å². The zero-order valence-corrected chi connectivity index (χ0v) is 13.0. The molecule has 3 rings (SSSR count). The summed E-state index contributed by atoms with van der Waals surface area (Å²) in [5.41, 5.74) is 3.43. The van der Waals surface area contributed by atoms with Gasteiger partial charge in [-0.2, -0.15) is 0 Å². The molecule has 1 fully saturated rings. The third kappa shape index (κ3) is 3.16. The van der Waals surface area contributed by atoms with Crippen molar-refractivity contribution < 1.29 is 4.79 Å². The van der Waals surface area contributed by atoms with Gasteiger partial charge in [0.2, 0.25) is 0 Å². The quantitative estimate of drug-likeness (QED) is 0.796. The molecule has 22 heavy (non-hydrogen) atoms. The van der Waals surface area contributed by atoms with E-state index in [2.05, 4.69) is 39.1 Å². The minimum atomic E-state index is 0.285. The average molecular weight is 295 g/mol. The van der Waals surface area contributed by atoms with Gasteiger partial charge < -0.3 is 9.69 Å². The number of rotatable bonds is 5. The van der Waals surface area contributed by atoms with Gasteiger partial charge in [-0.25, -0.2) is 9.97 Å². The monoisotopic (exact) mass is 295 g/mol. The molecule has 0 spiro atoms. The van der Waals surface area contributed by atoms with Crippen molar-refractivity contribution in [3.05, 3.63) is 53.0 Å². The summed E-state index contributed by atoms with van der Waals surface area (Å²) in [6, 6.07) is 10.4. The Morgan fingerprint density at radius 3 is 2.55 bits per heavy atom. The summed E-state index contributed by atoms with van der Waals surface area (Å²) in [7, 11) is 0. The van der Waals surface area contributed by atoms with Crippen molar-refractivity contribution in [3.63, 3.8) is 0 Å². The molecule has 0 bridgehead atoms. The summed E-state index contributed by atoms with van der Waals surface area (Å²) >= 11 is 0. The number of anilines is 1. The molecule has 0 N–H and O–H groups in total. The van der Waals surface area contributed by atoms with Crippen LogP contribution in [0.3, 0.4) is 0 Å². The molecule has 114 valence electrons. The standard InChI is InChI=1S/C18H21N3O/c1-14-16(13-15-7-3-2-4-8-15)18(21-10-5-6-11-21)20-17(19-14)9-12-22/h2-4,7-8,12H,5-6,9-11,13H2,1H3. The third-order valence-corrected chi connectivity index (χ3v) is 4.13. The van der Waals surface area contributed by atoms with Crippen LogP contribution < -0.4 is 4.90 Å². The summed E-state index contributed by atoms with van der Waals surface area (Å²) < 4.78 is 0. The Morgan fingerprint density at radius 1 is 1.14 bits per heavy atom. The van der Waals surface area contributed by atoms with Crippen molar-refractivity contribution in [2.45, 2.75) is 32.6 Å². The van der Waals surface area contributed by atoms with Crippen LogP contribution in [0.1, 0.15) is 35.5 Å². The highest BCUT2D eigenvalue weighted by Gasteiger charge is 2.20. The Hall–Kier alpha value is -2.23. The molecule has 1 aliphatic rings. The van der Waals surface area contributed by atoms with E-state index in [0.29, 0.717) is 5.82 Å². The molecule has 4 heteroatoms. The van der Waals surface area contributed by atoms with E-state index in [1.54, 1.807) is 0 Å². The second-order valence-electron chi connectivity index (χ2n) is 5.75. The van der Waals surface area contributed by atoms with Gasteiger partial charge in [-0.05, 0) is 25.3 Å². The minimum Gasteiger partial charge on any atom is -0.356 e. The van der Waals surface area contributed by atoms with Crippen LogP contribution in [0.4, 0.5) is 5.82 Å². The van der Waals surface area contributed by atoms with Crippen LogP contribution in [0.25, 0.3) is 0 Å². The molecule has 2 heterocycles. The maximum atomic E-state index is 10.8. The topological polar surface area (TPSA) is 46.1 Å². The fourth-order valence-electron chi connectivity index (χ4n) is 3.00. The maximum Gasteiger partial charge on any atom is 0.138 e. The largest absolute Gasteiger partial charge is 0.356 e. The number of aldehydes is 1. The van der Waals surface area contributed by atoms with E-state index in [0.717, 1.165) is 37.3 Å². The van der Waals surface area contributed by atoms with Crippen molar-refractivity contribution in [1.29, 1.82) is 0 Å². The molecule has 0 amide bonds. The van der Waals surface area contributed by atoms with Crippen molar-refractivity contribution in [1.82, 2.24) is 9.97 Å². The number of aryl methyl sites for hydroxylation is 1. The first-order valence-corrected chi connectivity index (χ1v) is 7.87. The number of hydrogen-bond donors (Lipinski definition) is 0. The van der Waals surface area contributed by atoms with E-state index < -0.39 is 0 Å². The second kappa shape index (κ2) is 6.69. The molecule has 0 saturated carbocycles. The molecule has 0 aliphatic carbocycles. The maximum absolute atomic E-state index is 10.8. The SMILES string of the molecule is Cc1nc(CC=O)nc(N2CCCC2)c1Cc1ccccc1. The van der Waals surface area contributed by atoms with Crippen molar-refractivity contribution in [2.24, 2.45) is 0 Å². The zero-order chi connectivity index (χ0) is 15.4. The summed E-state index contributed by atoms with van der Waals surface area (Å²) in [4.78, 5) is 22.3. The first kappa shape index (κ1) is 14.7. The number of carbonyl (C=O) groups excluding carboxylic acids is 1. The van der Waals surface area contributed by atoms with Crippen LogP contribution in [-0.2, 0) is 17.6 Å². The lowest BCUT2D eigenvalue weighted by Gasteiger charge is -2.22. The van der Waals surface area contributed by atoms with Crippen molar-refractivity contribution in [2.75, 3.05) is 18.0 Å². The highest BCUT2D eigenvalue weighted by atomic mass is 16.1. The van der Waals surface area contributed by atoms with E-state index >= 15 is 0 Å². The molecular weight excluding hydrogens is 274 g/mol. The highest BCUT2D eigenvalue weighted by Crippen LogP contribution is 2.26. The Kier molecular flexibility index (Phi) is 4.47. The van der Waals surface area contributed by atoms with E-state index in [9.17, 15) is 4.79 Å². The Labute approximate surface area is 131 Å². The lowest BCUT2D eigenvalue weighted by molar-refractivity contribution is -0.107. The number of aromatic nitrogens is 2. The molecule has 0 atom stereocenters. The van der Waals surface area contributed by atoms with E-state index in [4.69, 9.17) is 0 Å². The Morgan fingerprint density at radius 2 is 1.86 bits per heavy atom. The zero-order valence-electron chi connectivity index (χ0n) is 13.0. The molecule has 4 nitrogen and oxygen atoms in total. The van der Waals surface area contributed by atoms with Gasteiger partial charge in [0.05, 0.1) is 6.42 Å². The minimum absolute atomic E-state index is 0.285. The Balaban J connectivity index is 2.00. The van der Waals surface area contributed by atoms with E-state index in [1.807, 2.05) is 13.0 Å². The lowest BCUT2D eigenvalue weighted by atomic mass is 10.0. The summed E-state index contributed by atoms with van der Waals surface area (Å²) in [6.07, 6.45) is 4.40. The molecule has 1 aliphatic heterocycles. The molecule has 1 aromatic heterocycles. The lowest BCUT2D eigenvalue weighted by Crippen LogP contribution is -2.23. The van der Waals surface area contributed by atoms with Gasteiger partial charge in [0, 0.05) is 30.8 Å². The van der Waals surface area contributed by atoms with Gasteiger partial charge in [0.15, 0.2) is 0 Å². The summed E-state index contributed by atoms with van der Waals surface area (Å²) in [5, 5.41) is 0. The van der Waals surface area contributed by atoms with Gasteiger partial charge >= 0.3 is 0 Å². The Bertz CT molecular complexity index is 649. The molecular formula is C18H21N3O. The number of carbonyl (C=O) groups is 1. The first-order chi connectivity index (χ1) is 10.8. The van der Waals surface area contributed by atoms with Gasteiger partial charge in [-0.1, -0.05) is 30.3 Å². The van der Waals surface area contributed by atoms with Crippen LogP contribution >= 0.6 is 0 Å². The van der Waals surface area contributed by atoms with Crippen LogP contribution in [0, 0.1) is 6.92 Å². The van der Waals surface area contributed by atoms with Gasteiger partial charge in [0.1, 0.15) is 17.9 Å². The van der Waals surface area contributed by atoms with Gasteiger partial charge in [-0.3, -0.25) is 0 Å². The van der Waals surface area contributed by atoms with Crippen LogP contribution in [0.15, 0.2) is 30.3 Å². The molecule has 0 unspecified atom stereocenters. The van der Waals surface area contributed by atoms with E-state index in [-0.39, 0.29) is 6.42 Å². The van der Waals surface area contributed by atoms with E-state index in [1.165, 1.54) is 24.0 Å². The van der Waals surface area contributed by atoms with Crippen LogP contribution in [0.5, 0.6) is 0 Å². The second-order valence-corrected chi connectivity index (χ2v) is 5.75. The third-order valence-electron chi connectivity index (χ3n) is 4.13. The molecule has 0 radical (unpaired) electrons.